The van der Waals surface area contributed by atoms with Crippen molar-refractivity contribution < 1.29 is 28.7 Å². The average molecular weight is 855 g/mol. The normalized spacial score (nSPS) is 15.1. The number of aromatic amines is 2. The number of aromatic nitrogens is 4. The van der Waals surface area contributed by atoms with E-state index in [0.29, 0.717) is 24.3 Å². The lowest BCUT2D eigenvalue weighted by molar-refractivity contribution is -0.126. The number of imidazole rings is 2. The van der Waals surface area contributed by atoms with Crippen LogP contribution in [0.15, 0.2) is 79.4 Å². The van der Waals surface area contributed by atoms with Crippen LogP contribution in [0.2, 0.25) is 0 Å². The van der Waals surface area contributed by atoms with Crippen molar-refractivity contribution in [3.8, 4) is 33.6 Å². The molecule has 2 fully saturated rings. The summed E-state index contributed by atoms with van der Waals surface area (Å²) in [5.41, 5.74) is 6.55. The molecule has 4 N–H and O–H groups in total. The van der Waals surface area contributed by atoms with Gasteiger partial charge < -0.3 is 44.7 Å². The zero-order valence-corrected chi connectivity index (χ0v) is 38.4. The quantitative estimate of drug-likeness (QED) is 0.0918. The van der Waals surface area contributed by atoms with Crippen LogP contribution in [0.5, 0.6) is 0 Å². The van der Waals surface area contributed by atoms with Crippen molar-refractivity contribution in [3.63, 3.8) is 0 Å². The Morgan fingerprint density at radius 3 is 1.77 bits per heavy atom. The van der Waals surface area contributed by atoms with Gasteiger partial charge in [0.1, 0.15) is 12.1 Å². The molecular formula is C48H70N8O6. The van der Waals surface area contributed by atoms with Crippen LogP contribution < -0.4 is 10.6 Å². The van der Waals surface area contributed by atoms with Crippen LogP contribution in [-0.2, 0) is 28.7 Å². The molecule has 2 aliphatic rings. The predicted octanol–water partition coefficient (Wildman–Crippen LogP) is 7.55. The Kier molecular flexibility index (Phi) is 25.0. The lowest BCUT2D eigenvalue weighted by Crippen LogP contribution is -2.31. The van der Waals surface area contributed by atoms with Crippen LogP contribution in [0.25, 0.3) is 44.4 Å². The Morgan fingerprint density at radius 1 is 0.758 bits per heavy atom. The van der Waals surface area contributed by atoms with Crippen LogP contribution in [0.4, 0.5) is 0 Å². The first-order valence-corrected chi connectivity index (χ1v) is 21.2. The molecule has 0 saturated carbocycles. The number of carbonyl (C=O) groups excluding carboxylic acids is 4. The Bertz CT molecular complexity index is 1980. The Hall–Kier alpha value is -5.70. The van der Waals surface area contributed by atoms with Crippen molar-refractivity contribution in [2.45, 2.75) is 78.4 Å². The molecular weight excluding hydrogens is 785 g/mol. The summed E-state index contributed by atoms with van der Waals surface area (Å²) in [5.74, 6) is 1.79. The van der Waals surface area contributed by atoms with Crippen LogP contribution in [0.1, 0.15) is 72.2 Å². The van der Waals surface area contributed by atoms with E-state index in [1.807, 2.05) is 38.1 Å². The number of fused-ring (bicyclic) bond motifs is 1. The summed E-state index contributed by atoms with van der Waals surface area (Å²) in [7, 11) is 8.53. The molecule has 338 valence electrons. The van der Waals surface area contributed by atoms with Crippen LogP contribution >= 0.6 is 0 Å². The maximum atomic E-state index is 11.3. The molecule has 4 heterocycles. The van der Waals surface area contributed by atoms with E-state index in [0.717, 1.165) is 66.8 Å². The number of H-pyrrole nitrogens is 2. The fraction of sp³-hybridized carbons (Fsp3) is 0.458. The Balaban J connectivity index is 0.000000370. The SMILES string of the molecule is CC(C)[C@@H](C)NC=O.CN1CCCC1.CN[C@H](C=O)C(C)C.COC.COC=O.O=CN1CCC[C@H]1c1ncc(-c2ccc(-c3ccc4cc(-c5cnc[nH]5)ccc4c3)cc2)[nH]1. The van der Waals surface area contributed by atoms with Crippen LogP contribution in [0.3, 0.4) is 0 Å². The number of likely N-dealkylation sites (N-methyl/N-ethyl adjacent to an activating group) is 1. The van der Waals surface area contributed by atoms with Crippen LogP contribution in [-0.4, -0.2) is 122 Å². The Morgan fingerprint density at radius 2 is 1.34 bits per heavy atom. The smallest absolute Gasteiger partial charge is 0.292 e. The van der Waals surface area contributed by atoms with Gasteiger partial charge >= 0.3 is 0 Å². The minimum atomic E-state index is 0.0231. The van der Waals surface area contributed by atoms with Crippen molar-refractivity contribution in [2.24, 2.45) is 11.8 Å². The summed E-state index contributed by atoms with van der Waals surface area (Å²) in [6, 6.07) is 21.9. The molecule has 0 aliphatic carbocycles. The summed E-state index contributed by atoms with van der Waals surface area (Å²) in [6.07, 6.45) is 12.8. The number of aldehydes is 1. The Labute approximate surface area is 368 Å². The maximum Gasteiger partial charge on any atom is 0.292 e. The molecule has 14 nitrogen and oxygen atoms in total. The van der Waals surface area contributed by atoms with Gasteiger partial charge in [0.15, 0.2) is 0 Å². The van der Waals surface area contributed by atoms with E-state index in [1.54, 1.807) is 27.6 Å². The van der Waals surface area contributed by atoms with Gasteiger partial charge in [0.2, 0.25) is 12.8 Å². The van der Waals surface area contributed by atoms with Gasteiger partial charge in [-0.1, -0.05) is 76.2 Å². The number of hydrogen-bond donors (Lipinski definition) is 4. The third-order valence-electron chi connectivity index (χ3n) is 10.5. The summed E-state index contributed by atoms with van der Waals surface area (Å²) in [5, 5.41) is 7.95. The minimum Gasteiger partial charge on any atom is -0.471 e. The lowest BCUT2D eigenvalue weighted by Gasteiger charge is -2.17. The standard InChI is InChI=1S/C27H23N5O.2C6H13NO.C5H11N.C2H4O2.C2H6O/c33-17-32-11-1-2-26(32)27-29-15-25(31-27)19-5-3-18(4-6-19)20-7-8-22-13-23(10-9-21(22)12-20)24-14-28-16-30-24;1-5(2)6(4-8)7-3;1-5(2)6(3)7-4-8;1-6-4-2-3-5-6;1-4-2-3;1-3-2/h3-10,12-17,26H,1-2,11H2,(H,28,30)(H,29,31);4-7H,1-3H3;4-6H,1-3H3,(H,7,8);2-5H2,1H3;2H,1H3;1-2H3/t26-;2*6-;;;/m011.../s1. The number of benzene rings is 3. The third kappa shape index (κ3) is 17.7. The summed E-state index contributed by atoms with van der Waals surface area (Å²) in [4.78, 5) is 59.6. The van der Waals surface area contributed by atoms with Crippen LogP contribution in [0, 0.1) is 11.8 Å². The van der Waals surface area contributed by atoms with Crippen molar-refractivity contribution in [2.75, 3.05) is 55.1 Å². The zero-order chi connectivity index (χ0) is 45.9. The van der Waals surface area contributed by atoms with E-state index in [2.05, 4.69) is 127 Å². The fourth-order valence-corrected chi connectivity index (χ4v) is 6.44. The van der Waals surface area contributed by atoms with Crippen molar-refractivity contribution in [1.82, 2.24) is 40.4 Å². The van der Waals surface area contributed by atoms with E-state index < -0.39 is 0 Å². The first-order chi connectivity index (χ1) is 29.9. The van der Waals surface area contributed by atoms with Crippen molar-refractivity contribution >= 4 is 36.4 Å². The first kappa shape index (κ1) is 52.4. The summed E-state index contributed by atoms with van der Waals surface area (Å²) >= 11 is 0. The van der Waals surface area contributed by atoms with Gasteiger partial charge in [-0.05, 0) is 111 Å². The molecule has 2 saturated heterocycles. The van der Waals surface area contributed by atoms with Gasteiger partial charge in [-0.25, -0.2) is 9.97 Å². The number of ether oxygens (including phenoxy) is 2. The molecule has 2 amide bonds. The molecule has 2 aromatic heterocycles. The third-order valence-corrected chi connectivity index (χ3v) is 10.5. The second-order valence-electron chi connectivity index (χ2n) is 15.8. The second kappa shape index (κ2) is 29.5. The van der Waals surface area contributed by atoms with E-state index in [1.165, 1.54) is 54.9 Å². The predicted molar refractivity (Wildman–Crippen MR) is 249 cm³/mol. The average Bonchev–Trinajstić information content (AvgIpc) is 4.14. The van der Waals surface area contributed by atoms with Gasteiger partial charge in [0, 0.05) is 32.4 Å². The van der Waals surface area contributed by atoms with E-state index >= 15 is 0 Å². The number of methoxy groups -OCH3 is 2. The van der Waals surface area contributed by atoms with Gasteiger partial charge in [0.05, 0.1) is 49.3 Å². The van der Waals surface area contributed by atoms with Gasteiger partial charge in [-0.15, -0.1) is 0 Å². The van der Waals surface area contributed by atoms with E-state index in [9.17, 15) is 14.4 Å². The molecule has 14 heteroatoms. The molecule has 2 aliphatic heterocycles. The minimum absolute atomic E-state index is 0.0231. The number of rotatable bonds is 12. The molecule has 3 atom stereocenters. The largest absolute Gasteiger partial charge is 0.471 e. The first-order valence-electron chi connectivity index (χ1n) is 21.2. The van der Waals surface area contributed by atoms with Gasteiger partial charge in [-0.3, -0.25) is 14.4 Å². The summed E-state index contributed by atoms with van der Waals surface area (Å²) < 4.78 is 8.11. The molecule has 5 aromatic rings. The maximum absolute atomic E-state index is 11.3. The molecule has 7 rings (SSSR count). The van der Waals surface area contributed by atoms with E-state index in [4.69, 9.17) is 4.79 Å². The molecule has 62 heavy (non-hydrogen) atoms. The number of carbonyl (C=O) groups is 4. The molecule has 0 radical (unpaired) electrons. The zero-order valence-electron chi connectivity index (χ0n) is 38.4. The number of amides is 2. The highest BCUT2D eigenvalue weighted by molar-refractivity contribution is 5.90. The van der Waals surface area contributed by atoms with Crippen molar-refractivity contribution in [3.05, 3.63) is 85.2 Å². The number of nitrogens with one attached hydrogen (secondary N) is 4. The number of nitrogens with zero attached hydrogens (tertiary/aromatic N) is 4. The van der Waals surface area contributed by atoms with Gasteiger partial charge in [0.25, 0.3) is 6.47 Å². The molecule has 0 bridgehead atoms. The topological polar surface area (TPSA) is 175 Å². The highest BCUT2D eigenvalue weighted by Gasteiger charge is 2.27. The molecule has 0 spiro atoms. The van der Waals surface area contributed by atoms with E-state index in [-0.39, 0.29) is 12.1 Å². The highest BCUT2D eigenvalue weighted by Crippen LogP contribution is 2.32. The highest BCUT2D eigenvalue weighted by atomic mass is 16.5. The molecule has 0 unspecified atom stereocenters. The lowest BCUT2D eigenvalue weighted by atomic mass is 9.98. The number of likely N-dealkylation sites (tertiary alicyclic amines) is 2. The monoisotopic (exact) mass is 855 g/mol. The number of hydrogen-bond acceptors (Lipinski definition) is 10. The van der Waals surface area contributed by atoms with Gasteiger partial charge in [-0.2, -0.15) is 0 Å². The van der Waals surface area contributed by atoms with Crippen molar-refractivity contribution in [1.29, 1.82) is 0 Å². The second-order valence-corrected chi connectivity index (χ2v) is 15.8. The molecule has 3 aromatic carbocycles. The fourth-order valence-electron chi connectivity index (χ4n) is 6.44. The summed E-state index contributed by atoms with van der Waals surface area (Å²) in [6.45, 7) is 14.0.